The van der Waals surface area contributed by atoms with Gasteiger partial charge in [0.25, 0.3) is 5.79 Å². The second kappa shape index (κ2) is 6.76. The summed E-state index contributed by atoms with van der Waals surface area (Å²) in [5.41, 5.74) is 0. The zero-order valence-corrected chi connectivity index (χ0v) is 11.2. The second-order valence-electron chi connectivity index (χ2n) is 4.53. The van der Waals surface area contributed by atoms with Crippen LogP contribution >= 0.6 is 0 Å². The van der Waals surface area contributed by atoms with Crippen LogP contribution in [0.4, 0.5) is 0 Å². The Morgan fingerprint density at radius 2 is 2.00 bits per heavy atom. The normalized spacial score (nSPS) is 37.2. The van der Waals surface area contributed by atoms with Crippen molar-refractivity contribution in [1.29, 1.82) is 0 Å². The summed E-state index contributed by atoms with van der Waals surface area (Å²) >= 11 is 0. The summed E-state index contributed by atoms with van der Waals surface area (Å²) in [7, 11) is 2.21. The number of hydrogen-bond acceptors (Lipinski definition) is 9. The van der Waals surface area contributed by atoms with Gasteiger partial charge in [-0.25, -0.2) is 4.79 Å². The fourth-order valence-electron chi connectivity index (χ4n) is 2.05. The molecule has 0 aromatic heterocycles. The Morgan fingerprint density at radius 1 is 1.40 bits per heavy atom. The van der Waals surface area contributed by atoms with Gasteiger partial charge in [0.05, 0.1) is 19.8 Å². The molecule has 1 rings (SSSR count). The number of esters is 1. The number of ether oxygens (including phenoxy) is 3. The third kappa shape index (κ3) is 3.09. The Morgan fingerprint density at radius 3 is 2.45 bits per heavy atom. The zero-order valence-electron chi connectivity index (χ0n) is 11.2. The summed E-state index contributed by atoms with van der Waals surface area (Å²) < 4.78 is 14.6. The van der Waals surface area contributed by atoms with E-state index in [-0.39, 0.29) is 0 Å². The highest BCUT2D eigenvalue weighted by atomic mass is 16.7. The number of aliphatic hydroxyl groups excluding tert-OH is 5. The summed E-state index contributed by atoms with van der Waals surface area (Å²) in [5, 5.41) is 47.6. The van der Waals surface area contributed by atoms with E-state index < -0.39 is 55.3 Å². The molecular weight excluding hydrogens is 276 g/mol. The molecule has 20 heavy (non-hydrogen) atoms. The fourth-order valence-corrected chi connectivity index (χ4v) is 2.05. The number of hydrogen-bond donors (Lipinski definition) is 5. The lowest BCUT2D eigenvalue weighted by Crippen LogP contribution is -2.63. The standard InChI is InChI=1S/C11H20O9/c1-18-10(17)11(19-2)3-5(13)7(15)9(20-11)8(16)6(14)4-12/h5-9,12-16H,3-4H2,1-2H3/t5-,6+,7+,8+,9-,11-/m0/s1. The molecule has 9 heteroatoms. The Balaban J connectivity index is 3.02. The Kier molecular flexibility index (Phi) is 5.83. The van der Waals surface area contributed by atoms with E-state index in [2.05, 4.69) is 4.74 Å². The first kappa shape index (κ1) is 17.2. The molecule has 1 aliphatic rings. The van der Waals surface area contributed by atoms with Crippen LogP contribution in [0, 0.1) is 0 Å². The molecule has 0 bridgehead atoms. The molecule has 0 aromatic carbocycles. The van der Waals surface area contributed by atoms with E-state index in [1.54, 1.807) is 0 Å². The van der Waals surface area contributed by atoms with E-state index in [1.165, 1.54) is 0 Å². The van der Waals surface area contributed by atoms with Gasteiger partial charge in [-0.2, -0.15) is 0 Å². The van der Waals surface area contributed by atoms with Crippen LogP contribution in [-0.4, -0.2) is 88.6 Å². The first-order valence-corrected chi connectivity index (χ1v) is 5.97. The van der Waals surface area contributed by atoms with Gasteiger partial charge in [0.2, 0.25) is 0 Å². The van der Waals surface area contributed by atoms with Crippen LogP contribution in [0.5, 0.6) is 0 Å². The largest absolute Gasteiger partial charge is 0.465 e. The molecule has 0 aromatic rings. The first-order chi connectivity index (χ1) is 9.32. The van der Waals surface area contributed by atoms with Gasteiger partial charge < -0.3 is 39.7 Å². The zero-order chi connectivity index (χ0) is 15.5. The monoisotopic (exact) mass is 296 g/mol. The lowest BCUT2D eigenvalue weighted by Gasteiger charge is -2.44. The van der Waals surface area contributed by atoms with Crippen LogP contribution in [0.1, 0.15) is 6.42 Å². The van der Waals surface area contributed by atoms with E-state index in [1.807, 2.05) is 0 Å². The Bertz CT molecular complexity index is 336. The van der Waals surface area contributed by atoms with E-state index >= 15 is 0 Å². The predicted octanol–water partition coefficient (Wildman–Crippen LogP) is -3.27. The molecule has 0 saturated carbocycles. The van der Waals surface area contributed by atoms with Gasteiger partial charge in [0, 0.05) is 13.5 Å². The summed E-state index contributed by atoms with van der Waals surface area (Å²) in [4.78, 5) is 11.7. The predicted molar refractivity (Wildman–Crippen MR) is 62.4 cm³/mol. The molecule has 1 fully saturated rings. The molecule has 1 heterocycles. The van der Waals surface area contributed by atoms with Gasteiger partial charge in [-0.1, -0.05) is 0 Å². The molecule has 0 aliphatic carbocycles. The third-order valence-electron chi connectivity index (χ3n) is 3.28. The Hall–Kier alpha value is -0.810. The fraction of sp³-hybridized carbons (Fsp3) is 0.909. The minimum Gasteiger partial charge on any atom is -0.465 e. The minimum atomic E-state index is -2.01. The second-order valence-corrected chi connectivity index (χ2v) is 4.53. The lowest BCUT2D eigenvalue weighted by atomic mass is 9.91. The maximum atomic E-state index is 11.7. The lowest BCUT2D eigenvalue weighted by molar-refractivity contribution is -0.321. The third-order valence-corrected chi connectivity index (χ3v) is 3.28. The van der Waals surface area contributed by atoms with Crippen LogP contribution in [0.15, 0.2) is 0 Å². The van der Waals surface area contributed by atoms with Gasteiger partial charge in [-0.3, -0.25) is 0 Å². The summed E-state index contributed by atoms with van der Waals surface area (Å²) in [5.74, 6) is -2.96. The van der Waals surface area contributed by atoms with Crippen LogP contribution in [-0.2, 0) is 19.0 Å². The molecule has 0 amide bonds. The van der Waals surface area contributed by atoms with Crippen LogP contribution in [0.3, 0.4) is 0 Å². The summed E-state index contributed by atoms with van der Waals surface area (Å²) in [6, 6.07) is 0. The molecular formula is C11H20O9. The molecule has 0 spiro atoms. The van der Waals surface area contributed by atoms with Crippen LogP contribution < -0.4 is 0 Å². The average Bonchev–Trinajstić information content (AvgIpc) is 2.47. The molecule has 0 radical (unpaired) electrons. The molecule has 0 unspecified atom stereocenters. The smallest absolute Gasteiger partial charge is 0.366 e. The van der Waals surface area contributed by atoms with E-state index in [0.29, 0.717) is 0 Å². The highest BCUT2D eigenvalue weighted by molar-refractivity contribution is 5.78. The summed E-state index contributed by atoms with van der Waals surface area (Å²) in [6.07, 6.45) is -8.32. The molecule has 1 saturated heterocycles. The Labute approximate surface area is 115 Å². The van der Waals surface area contributed by atoms with Gasteiger partial charge in [0.15, 0.2) is 0 Å². The van der Waals surface area contributed by atoms with Crippen molar-refractivity contribution in [1.82, 2.24) is 0 Å². The van der Waals surface area contributed by atoms with E-state index in [0.717, 1.165) is 14.2 Å². The number of methoxy groups -OCH3 is 2. The maximum Gasteiger partial charge on any atom is 0.366 e. The van der Waals surface area contributed by atoms with Crippen molar-refractivity contribution in [3.8, 4) is 0 Å². The molecule has 9 nitrogen and oxygen atoms in total. The van der Waals surface area contributed by atoms with Crippen molar-refractivity contribution in [2.24, 2.45) is 0 Å². The van der Waals surface area contributed by atoms with Crippen molar-refractivity contribution in [3.63, 3.8) is 0 Å². The molecule has 1 aliphatic heterocycles. The number of carbonyl (C=O) groups excluding carboxylic acids is 1. The van der Waals surface area contributed by atoms with Gasteiger partial charge in [0.1, 0.15) is 24.4 Å². The van der Waals surface area contributed by atoms with Crippen LogP contribution in [0.2, 0.25) is 0 Å². The van der Waals surface area contributed by atoms with E-state index in [4.69, 9.17) is 14.6 Å². The quantitative estimate of drug-likeness (QED) is 0.330. The van der Waals surface area contributed by atoms with Crippen LogP contribution in [0.25, 0.3) is 0 Å². The van der Waals surface area contributed by atoms with Crippen molar-refractivity contribution in [2.45, 2.75) is 42.7 Å². The highest BCUT2D eigenvalue weighted by Crippen LogP contribution is 2.33. The summed E-state index contributed by atoms with van der Waals surface area (Å²) in [6.45, 7) is -0.790. The SMILES string of the molecule is COC(=O)[C@]1(OC)C[C@H](O)[C@@H](O)[C@@H]([C@H](O)[C@H](O)CO)O1. The average molecular weight is 296 g/mol. The van der Waals surface area contributed by atoms with Crippen molar-refractivity contribution >= 4 is 5.97 Å². The highest BCUT2D eigenvalue weighted by Gasteiger charge is 2.55. The van der Waals surface area contributed by atoms with Gasteiger partial charge >= 0.3 is 5.97 Å². The first-order valence-electron chi connectivity index (χ1n) is 5.97. The number of carbonyl (C=O) groups is 1. The van der Waals surface area contributed by atoms with Crippen molar-refractivity contribution in [3.05, 3.63) is 0 Å². The minimum absolute atomic E-state index is 0.407. The molecule has 5 N–H and O–H groups in total. The van der Waals surface area contributed by atoms with Gasteiger partial charge in [-0.05, 0) is 0 Å². The molecule has 118 valence electrons. The van der Waals surface area contributed by atoms with Crippen molar-refractivity contribution in [2.75, 3.05) is 20.8 Å². The van der Waals surface area contributed by atoms with E-state index in [9.17, 15) is 25.2 Å². The number of aliphatic hydroxyl groups is 5. The molecule has 6 atom stereocenters. The number of rotatable bonds is 5. The van der Waals surface area contributed by atoms with Crippen molar-refractivity contribution < 1.29 is 44.5 Å². The maximum absolute atomic E-state index is 11.7. The topological polar surface area (TPSA) is 146 Å². The van der Waals surface area contributed by atoms with Gasteiger partial charge in [-0.15, -0.1) is 0 Å².